The number of carbonyl (C=O) groups is 1. The molecule has 3 unspecified atom stereocenters. The molecular weight excluding hydrogens is 522 g/mol. The van der Waals surface area contributed by atoms with Gasteiger partial charge in [-0.2, -0.15) is 0 Å². The normalized spacial score (nSPS) is 25.9. The monoisotopic (exact) mass is 548 g/mol. The maximum atomic E-state index is 15.8. The number of methoxy groups -OCH3 is 1. The second kappa shape index (κ2) is 10.4. The Morgan fingerprint density at radius 1 is 1.34 bits per heavy atom. The molecule has 38 heavy (non-hydrogen) atoms. The second-order valence-electron chi connectivity index (χ2n) is 9.03. The van der Waals surface area contributed by atoms with E-state index in [1.807, 2.05) is 4.90 Å². The van der Waals surface area contributed by atoms with Crippen molar-refractivity contribution in [3.05, 3.63) is 36.9 Å². The maximum Gasteiger partial charge on any atom is 0.395 e. The van der Waals surface area contributed by atoms with Gasteiger partial charge >= 0.3 is 14.1 Å². The summed E-state index contributed by atoms with van der Waals surface area (Å²) in [4.78, 5) is 38.7. The molecule has 0 radical (unpaired) electrons. The van der Waals surface area contributed by atoms with Gasteiger partial charge in [0, 0.05) is 13.1 Å². The lowest BCUT2D eigenvalue weighted by Gasteiger charge is -2.24. The van der Waals surface area contributed by atoms with Gasteiger partial charge < -0.3 is 29.1 Å². The smallest absolute Gasteiger partial charge is 0.395 e. The van der Waals surface area contributed by atoms with Crippen molar-refractivity contribution in [3.63, 3.8) is 0 Å². The molecule has 0 saturated carbocycles. The largest absolute Gasteiger partial charge is 0.575 e. The summed E-state index contributed by atoms with van der Waals surface area (Å²) in [5.41, 5.74) is -1.29. The first-order valence-corrected chi connectivity index (χ1v) is 12.9. The van der Waals surface area contributed by atoms with Crippen LogP contribution in [0.25, 0.3) is 11.2 Å². The predicted octanol–water partition coefficient (Wildman–Crippen LogP) is 1.51. The number of carbonyl (C=O) groups excluding carboxylic acids is 1. The van der Waals surface area contributed by atoms with Crippen LogP contribution in [0, 0.1) is 0 Å². The number of alkyl halides is 1. The van der Waals surface area contributed by atoms with E-state index in [1.165, 1.54) is 44.2 Å². The van der Waals surface area contributed by atoms with Crippen LogP contribution >= 0.6 is 8.17 Å². The lowest BCUT2D eigenvalue weighted by molar-refractivity contribution is -0.169. The van der Waals surface area contributed by atoms with Crippen molar-refractivity contribution in [2.24, 2.45) is 4.74 Å². The lowest BCUT2D eigenvalue weighted by atomic mass is 9.98. The molecule has 5 rings (SSSR count). The second-order valence-corrected chi connectivity index (χ2v) is 9.92. The number of aromatic nitrogens is 4. The Hall–Kier alpha value is -3.45. The minimum Gasteiger partial charge on any atom is -0.575 e. The molecule has 2 aliphatic heterocycles. The van der Waals surface area contributed by atoms with Crippen LogP contribution in [-0.2, 0) is 14.3 Å². The predicted molar refractivity (Wildman–Crippen MR) is 130 cm³/mol. The van der Waals surface area contributed by atoms with Crippen LogP contribution in [-0.4, -0.2) is 81.3 Å². The molecule has 3 aromatic rings. The molecule has 6 atom stereocenters. The zero-order chi connectivity index (χ0) is 27.0. The molecule has 15 heteroatoms. The van der Waals surface area contributed by atoms with Gasteiger partial charge in [0.2, 0.25) is 5.75 Å². The molecule has 1 aromatic carbocycles. The van der Waals surface area contributed by atoms with E-state index < -0.39 is 44.3 Å². The molecule has 2 fully saturated rings. The molecule has 202 valence electrons. The summed E-state index contributed by atoms with van der Waals surface area (Å²) in [6.45, 7) is 4.14. The lowest BCUT2D eigenvalue weighted by Crippen LogP contribution is -2.41. The van der Waals surface area contributed by atoms with E-state index in [0.717, 1.165) is 13.1 Å². The van der Waals surface area contributed by atoms with Crippen molar-refractivity contribution in [1.29, 1.82) is 0 Å². The zero-order valence-electron chi connectivity index (χ0n) is 20.8. The maximum absolute atomic E-state index is 15.8. The number of rotatable bonds is 9. The van der Waals surface area contributed by atoms with Crippen molar-refractivity contribution < 1.29 is 37.9 Å². The average molecular weight is 548 g/mol. The summed E-state index contributed by atoms with van der Waals surface area (Å²) in [6.07, 6.45) is -1.03. The van der Waals surface area contributed by atoms with Crippen molar-refractivity contribution in [2.45, 2.75) is 44.0 Å². The van der Waals surface area contributed by atoms with Gasteiger partial charge in [-0.05, 0) is 26.0 Å². The summed E-state index contributed by atoms with van der Waals surface area (Å²) in [5, 5.41) is 10.8. The topological polar surface area (TPSA) is 156 Å². The van der Waals surface area contributed by atoms with Crippen LogP contribution in [0.1, 0.15) is 20.1 Å². The molecule has 2 aliphatic rings. The summed E-state index contributed by atoms with van der Waals surface area (Å²) in [6, 6.07) is 5.34. The number of imidazole rings is 1. The van der Waals surface area contributed by atoms with Gasteiger partial charge in [-0.25, -0.2) is 24.1 Å². The number of hydrogen-bond donors (Lipinski definition) is 1. The molecule has 1 N–H and O–H groups in total. The molecule has 2 aromatic heterocycles. The Labute approximate surface area is 217 Å². The number of fused-ring (bicyclic) bond motifs is 1. The fourth-order valence-electron chi connectivity index (χ4n) is 4.14. The van der Waals surface area contributed by atoms with Crippen LogP contribution in [0.15, 0.2) is 41.7 Å². The third-order valence-electron chi connectivity index (χ3n) is 6.29. The number of benzene rings is 1. The number of nitrogens with zero attached hydrogens (tertiary/aromatic N) is 6. The summed E-state index contributed by atoms with van der Waals surface area (Å²) in [5.74, 6) is 0.258. The summed E-state index contributed by atoms with van der Waals surface area (Å²) in [7, 11) is -1.42. The number of ether oxygens (including phenoxy) is 3. The Balaban J connectivity index is 1.31. The molecule has 13 nitrogen and oxygen atoms in total. The minimum atomic E-state index is -2.62. The number of anilines is 1. The standard InChI is InChI=1S/C23H26FN6O7P/c1-13(21(32)34-3)28-38(33)37-15-7-5-4-6-14(15)35-10-16-18(31)23(2,24)22(36-16)30-12-27-17-19(29-8-9-29)25-11-26-20(17)30/h4-7,11-13,16,18,22,31H,8-10H2,1-3H3/t13?,16-,18-,22?,23-/m1/s1. The van der Waals surface area contributed by atoms with Crippen LogP contribution in [0.2, 0.25) is 0 Å². The van der Waals surface area contributed by atoms with E-state index in [2.05, 4.69) is 24.4 Å². The molecule has 4 heterocycles. The van der Waals surface area contributed by atoms with Gasteiger partial charge in [-0.1, -0.05) is 16.9 Å². The molecule has 2 saturated heterocycles. The Kier molecular flexibility index (Phi) is 7.14. The van der Waals surface area contributed by atoms with Crippen molar-refractivity contribution in [1.82, 2.24) is 19.5 Å². The van der Waals surface area contributed by atoms with E-state index in [9.17, 15) is 14.8 Å². The summed E-state index contributed by atoms with van der Waals surface area (Å²) >= 11 is 0. The van der Waals surface area contributed by atoms with E-state index in [-0.39, 0.29) is 18.1 Å². The molecule has 0 bridgehead atoms. The Morgan fingerprint density at radius 2 is 2.08 bits per heavy atom. The van der Waals surface area contributed by atoms with E-state index >= 15 is 4.39 Å². The van der Waals surface area contributed by atoms with Gasteiger partial charge in [-0.15, -0.1) is 0 Å². The quantitative estimate of drug-likeness (QED) is 0.235. The van der Waals surface area contributed by atoms with Crippen molar-refractivity contribution in [2.75, 3.05) is 31.7 Å². The third-order valence-corrected chi connectivity index (χ3v) is 7.18. The van der Waals surface area contributed by atoms with Gasteiger partial charge in [0.1, 0.15) is 25.1 Å². The zero-order valence-corrected chi connectivity index (χ0v) is 21.7. The highest BCUT2D eigenvalue weighted by Gasteiger charge is 2.55. The average Bonchev–Trinajstić information content (AvgIpc) is 3.62. The first kappa shape index (κ1) is 26.2. The van der Waals surface area contributed by atoms with Gasteiger partial charge in [0.05, 0.1) is 13.4 Å². The van der Waals surface area contributed by atoms with E-state index in [4.69, 9.17) is 14.0 Å². The Bertz CT molecular complexity index is 1370. The highest BCUT2D eigenvalue weighted by molar-refractivity contribution is 7.34. The SMILES string of the molecule is COC(=O)C(C)N=[P+]([O-])Oc1ccccc1OC[C@H]1OC(n2cnc3c(N4CC4)ncnc32)[C@](C)(F)[C@@H]1O. The molecule has 0 amide bonds. The molecular formula is C23H26FN6O7P. The fraction of sp³-hybridized carbons (Fsp3) is 0.478. The molecule has 0 aliphatic carbocycles. The minimum absolute atomic E-state index is 0.0846. The number of halogens is 1. The first-order valence-electron chi connectivity index (χ1n) is 11.8. The number of aliphatic hydroxyl groups excluding tert-OH is 1. The van der Waals surface area contributed by atoms with Gasteiger partial charge in [0.15, 0.2) is 40.7 Å². The van der Waals surface area contributed by atoms with Crippen LogP contribution in [0.5, 0.6) is 11.5 Å². The number of aliphatic hydroxyl groups is 1. The number of para-hydroxylation sites is 2. The third kappa shape index (κ3) is 4.99. The van der Waals surface area contributed by atoms with Crippen molar-refractivity contribution >= 4 is 31.1 Å². The van der Waals surface area contributed by atoms with Gasteiger partial charge in [0.25, 0.3) is 0 Å². The number of esters is 1. The fourth-order valence-corrected chi connectivity index (χ4v) is 4.88. The molecule has 0 spiro atoms. The highest BCUT2D eigenvalue weighted by Crippen LogP contribution is 2.43. The van der Waals surface area contributed by atoms with Crippen LogP contribution in [0.3, 0.4) is 0 Å². The van der Waals surface area contributed by atoms with Gasteiger partial charge in [-0.3, -0.25) is 9.09 Å². The van der Waals surface area contributed by atoms with Crippen LogP contribution < -0.4 is 19.1 Å². The van der Waals surface area contributed by atoms with E-state index in [0.29, 0.717) is 17.0 Å². The van der Waals surface area contributed by atoms with E-state index in [1.54, 1.807) is 18.2 Å². The highest BCUT2D eigenvalue weighted by atomic mass is 31.1. The van der Waals surface area contributed by atoms with Crippen molar-refractivity contribution in [3.8, 4) is 11.5 Å². The van der Waals surface area contributed by atoms with Crippen LogP contribution in [0.4, 0.5) is 10.2 Å². The summed E-state index contributed by atoms with van der Waals surface area (Å²) < 4.78 is 42.6. The Morgan fingerprint density at radius 3 is 2.79 bits per heavy atom. The first-order chi connectivity index (χ1) is 18.2. The number of hydrogen-bond acceptors (Lipinski definition) is 12.